The molecule has 0 atom stereocenters. The molecule has 0 aromatic carbocycles. The second-order valence-corrected chi connectivity index (χ2v) is 3.50. The van der Waals surface area contributed by atoms with Gasteiger partial charge < -0.3 is 0 Å². The maximum atomic E-state index is 5.84. The van der Waals surface area contributed by atoms with E-state index in [4.69, 9.17) is 11.6 Å². The fourth-order valence-electron chi connectivity index (χ4n) is 0.942. The molecule has 0 saturated carbocycles. The van der Waals surface area contributed by atoms with Crippen molar-refractivity contribution in [2.75, 3.05) is 0 Å². The van der Waals surface area contributed by atoms with Crippen LogP contribution in [0.15, 0.2) is 11.6 Å². The monoisotopic (exact) mass is 184 g/mol. The average molecular weight is 185 g/mol. The third kappa shape index (κ3) is 1.10. The number of nitrogens with zero attached hydrogens (tertiary/aromatic N) is 2. The quantitative estimate of drug-likeness (QED) is 0.589. The van der Waals surface area contributed by atoms with Gasteiger partial charge in [-0.15, -0.1) is 11.3 Å². The molecule has 0 aliphatic heterocycles. The van der Waals surface area contributed by atoms with Crippen molar-refractivity contribution in [1.82, 2.24) is 9.97 Å². The minimum absolute atomic E-state index is 0.501. The molecule has 11 heavy (non-hydrogen) atoms. The number of thiazole rings is 1. The highest BCUT2D eigenvalue weighted by atomic mass is 35.5. The van der Waals surface area contributed by atoms with Gasteiger partial charge in [-0.2, -0.15) is 0 Å². The SMILES string of the molecule is Cc1cc2scnc2c(Cl)n1. The Hall–Kier alpha value is -0.670. The zero-order valence-electron chi connectivity index (χ0n) is 5.84. The van der Waals surface area contributed by atoms with E-state index in [0.29, 0.717) is 5.15 Å². The van der Waals surface area contributed by atoms with Crippen LogP contribution >= 0.6 is 22.9 Å². The Kier molecular flexibility index (Phi) is 1.55. The van der Waals surface area contributed by atoms with Crippen molar-refractivity contribution in [3.63, 3.8) is 0 Å². The number of aryl methyl sites for hydroxylation is 1. The van der Waals surface area contributed by atoms with Crippen molar-refractivity contribution in [2.24, 2.45) is 0 Å². The molecule has 0 unspecified atom stereocenters. The standard InChI is InChI=1S/C7H5ClN2S/c1-4-2-5-6(7(8)10-4)9-3-11-5/h2-3H,1H3. The molecule has 2 heterocycles. The van der Waals surface area contributed by atoms with Gasteiger partial charge in [-0.25, -0.2) is 9.97 Å². The van der Waals surface area contributed by atoms with Crippen LogP contribution in [0.1, 0.15) is 5.69 Å². The first-order chi connectivity index (χ1) is 5.27. The Morgan fingerprint density at radius 1 is 1.55 bits per heavy atom. The number of rotatable bonds is 0. The van der Waals surface area contributed by atoms with Crippen LogP contribution in [0.25, 0.3) is 10.2 Å². The first-order valence-corrected chi connectivity index (χ1v) is 4.39. The van der Waals surface area contributed by atoms with Gasteiger partial charge in [0, 0.05) is 5.69 Å². The van der Waals surface area contributed by atoms with Crippen LogP contribution in [0.2, 0.25) is 5.15 Å². The van der Waals surface area contributed by atoms with E-state index in [1.54, 1.807) is 16.8 Å². The Balaban J connectivity index is 2.91. The predicted molar refractivity (Wildman–Crippen MR) is 47.2 cm³/mol. The van der Waals surface area contributed by atoms with Crippen LogP contribution in [0.3, 0.4) is 0 Å². The maximum absolute atomic E-state index is 5.84. The summed E-state index contributed by atoms with van der Waals surface area (Å²) in [7, 11) is 0. The summed E-state index contributed by atoms with van der Waals surface area (Å²) in [6, 6.07) is 1.98. The number of halogens is 1. The van der Waals surface area contributed by atoms with Gasteiger partial charge in [-0.1, -0.05) is 11.6 Å². The highest BCUT2D eigenvalue weighted by Gasteiger charge is 2.02. The van der Waals surface area contributed by atoms with Crippen LogP contribution in [-0.2, 0) is 0 Å². The summed E-state index contributed by atoms with van der Waals surface area (Å²) in [4.78, 5) is 8.17. The van der Waals surface area contributed by atoms with E-state index in [0.717, 1.165) is 15.9 Å². The Morgan fingerprint density at radius 2 is 2.36 bits per heavy atom. The summed E-state index contributed by atoms with van der Waals surface area (Å²) in [6.45, 7) is 1.92. The lowest BCUT2D eigenvalue weighted by Crippen LogP contribution is -1.81. The number of aromatic nitrogens is 2. The molecule has 2 aromatic rings. The molecule has 0 radical (unpaired) electrons. The van der Waals surface area contributed by atoms with Crippen LogP contribution in [0.5, 0.6) is 0 Å². The fourth-order valence-corrected chi connectivity index (χ4v) is 2.05. The van der Waals surface area contributed by atoms with Gasteiger partial charge >= 0.3 is 0 Å². The fraction of sp³-hybridized carbons (Fsp3) is 0.143. The lowest BCUT2D eigenvalue weighted by molar-refractivity contribution is 1.22. The van der Waals surface area contributed by atoms with Crippen LogP contribution < -0.4 is 0 Å². The van der Waals surface area contributed by atoms with E-state index in [2.05, 4.69) is 9.97 Å². The molecule has 2 rings (SSSR count). The largest absolute Gasteiger partial charge is 0.241 e. The van der Waals surface area contributed by atoms with E-state index in [1.165, 1.54) is 0 Å². The van der Waals surface area contributed by atoms with Gasteiger partial charge in [-0.3, -0.25) is 0 Å². The van der Waals surface area contributed by atoms with Gasteiger partial charge in [0.25, 0.3) is 0 Å². The minimum Gasteiger partial charge on any atom is -0.241 e. The van der Waals surface area contributed by atoms with Crippen molar-refractivity contribution in [3.8, 4) is 0 Å². The first-order valence-electron chi connectivity index (χ1n) is 3.14. The minimum atomic E-state index is 0.501. The van der Waals surface area contributed by atoms with E-state index in [9.17, 15) is 0 Å². The molecule has 0 bridgehead atoms. The topological polar surface area (TPSA) is 25.8 Å². The zero-order chi connectivity index (χ0) is 7.84. The van der Waals surface area contributed by atoms with Crippen molar-refractivity contribution in [2.45, 2.75) is 6.92 Å². The van der Waals surface area contributed by atoms with Gasteiger partial charge in [0.2, 0.25) is 0 Å². The smallest absolute Gasteiger partial charge is 0.156 e. The predicted octanol–water partition coefficient (Wildman–Crippen LogP) is 2.65. The molecular formula is C7H5ClN2S. The molecule has 0 aliphatic carbocycles. The van der Waals surface area contributed by atoms with Crippen molar-refractivity contribution in [1.29, 1.82) is 0 Å². The molecule has 0 fully saturated rings. The van der Waals surface area contributed by atoms with Gasteiger partial charge in [0.15, 0.2) is 5.15 Å². The number of pyridine rings is 1. The molecule has 0 saturated heterocycles. The van der Waals surface area contributed by atoms with Crippen LogP contribution in [0.4, 0.5) is 0 Å². The maximum Gasteiger partial charge on any atom is 0.156 e. The average Bonchev–Trinajstić information content (AvgIpc) is 2.34. The second kappa shape index (κ2) is 2.43. The Labute approximate surface area is 72.9 Å². The highest BCUT2D eigenvalue weighted by molar-refractivity contribution is 7.16. The van der Waals surface area contributed by atoms with E-state index in [-0.39, 0.29) is 0 Å². The number of hydrogen-bond acceptors (Lipinski definition) is 3. The normalized spacial score (nSPS) is 10.7. The highest BCUT2D eigenvalue weighted by Crippen LogP contribution is 2.23. The van der Waals surface area contributed by atoms with Gasteiger partial charge in [0.1, 0.15) is 5.52 Å². The molecule has 0 N–H and O–H groups in total. The van der Waals surface area contributed by atoms with Gasteiger partial charge in [-0.05, 0) is 13.0 Å². The molecular weight excluding hydrogens is 180 g/mol. The molecule has 0 amide bonds. The van der Waals surface area contributed by atoms with Crippen molar-refractivity contribution >= 4 is 33.2 Å². The van der Waals surface area contributed by atoms with E-state index >= 15 is 0 Å². The van der Waals surface area contributed by atoms with E-state index in [1.807, 2.05) is 13.0 Å². The summed E-state index contributed by atoms with van der Waals surface area (Å²) < 4.78 is 1.10. The van der Waals surface area contributed by atoms with Crippen LogP contribution in [-0.4, -0.2) is 9.97 Å². The zero-order valence-corrected chi connectivity index (χ0v) is 7.41. The lowest BCUT2D eigenvalue weighted by atomic mass is 10.4. The second-order valence-electron chi connectivity index (χ2n) is 2.25. The summed E-state index contributed by atoms with van der Waals surface area (Å²) in [5.74, 6) is 0. The molecule has 0 spiro atoms. The van der Waals surface area contributed by atoms with Crippen LogP contribution in [0, 0.1) is 6.92 Å². The lowest BCUT2D eigenvalue weighted by Gasteiger charge is -1.93. The third-order valence-corrected chi connectivity index (χ3v) is 2.44. The van der Waals surface area contributed by atoms with Gasteiger partial charge in [0.05, 0.1) is 10.2 Å². The molecule has 4 heteroatoms. The Morgan fingerprint density at radius 3 is 3.18 bits per heavy atom. The summed E-state index contributed by atoms with van der Waals surface area (Å²) in [5, 5.41) is 0.501. The van der Waals surface area contributed by atoms with Crippen molar-refractivity contribution < 1.29 is 0 Å². The molecule has 56 valence electrons. The molecule has 0 aliphatic rings. The molecule has 2 aromatic heterocycles. The van der Waals surface area contributed by atoms with Crippen molar-refractivity contribution in [3.05, 3.63) is 22.4 Å². The number of fused-ring (bicyclic) bond motifs is 1. The Bertz CT molecular complexity index is 396. The summed E-state index contributed by atoms with van der Waals surface area (Å²) in [5.41, 5.74) is 3.52. The first kappa shape index (κ1) is 7.00. The third-order valence-electron chi connectivity index (χ3n) is 1.40. The summed E-state index contributed by atoms with van der Waals surface area (Å²) in [6.07, 6.45) is 0. The number of hydrogen-bond donors (Lipinski definition) is 0. The van der Waals surface area contributed by atoms with E-state index < -0.39 is 0 Å². The summed E-state index contributed by atoms with van der Waals surface area (Å²) >= 11 is 7.42. The molecule has 2 nitrogen and oxygen atoms in total.